The predicted octanol–water partition coefficient (Wildman–Crippen LogP) is 2.74. The Hall–Kier alpha value is -1.96. The van der Waals surface area contributed by atoms with Crippen LogP contribution in [0.1, 0.15) is 0 Å². The Kier molecular flexibility index (Phi) is 5.35. The second-order valence-corrected chi connectivity index (χ2v) is 7.20. The monoisotopic (exact) mass is 356 g/mol. The fourth-order valence-electron chi connectivity index (χ4n) is 1.84. The first-order valence-corrected chi connectivity index (χ1v) is 8.39. The van der Waals surface area contributed by atoms with Crippen LogP contribution in [0.5, 0.6) is 0 Å². The highest BCUT2D eigenvalue weighted by atomic mass is 35.5. The van der Waals surface area contributed by atoms with E-state index in [-0.39, 0.29) is 15.6 Å². The first-order valence-electron chi connectivity index (χ1n) is 6.57. The average molecular weight is 357 g/mol. The molecule has 2 rings (SSSR count). The van der Waals surface area contributed by atoms with Gasteiger partial charge in [0, 0.05) is 7.05 Å². The molecule has 122 valence electrons. The number of nitrogens with one attached hydrogen (secondary N) is 1. The van der Waals surface area contributed by atoms with Gasteiger partial charge in [0.15, 0.2) is 0 Å². The second kappa shape index (κ2) is 7.08. The number of likely N-dealkylation sites (N-methyl/N-ethyl adjacent to an activating group) is 1. The van der Waals surface area contributed by atoms with Gasteiger partial charge in [-0.15, -0.1) is 0 Å². The van der Waals surface area contributed by atoms with Gasteiger partial charge in [-0.3, -0.25) is 4.79 Å². The van der Waals surface area contributed by atoms with Gasteiger partial charge in [0.25, 0.3) is 0 Å². The lowest BCUT2D eigenvalue weighted by Gasteiger charge is -2.17. The number of rotatable bonds is 5. The molecule has 5 nitrogen and oxygen atoms in total. The summed E-state index contributed by atoms with van der Waals surface area (Å²) in [6.45, 7) is -0.398. The smallest absolute Gasteiger partial charge is 0.243 e. The Morgan fingerprint density at radius 3 is 2.48 bits per heavy atom. The van der Waals surface area contributed by atoms with Crippen molar-refractivity contribution in [1.29, 1.82) is 0 Å². The van der Waals surface area contributed by atoms with E-state index in [1.54, 1.807) is 18.2 Å². The summed E-state index contributed by atoms with van der Waals surface area (Å²) in [5, 5.41) is 2.48. The van der Waals surface area contributed by atoms with E-state index in [1.807, 2.05) is 0 Å². The molecule has 0 radical (unpaired) electrons. The number of hydrogen-bond acceptors (Lipinski definition) is 3. The molecule has 0 spiro atoms. The van der Waals surface area contributed by atoms with Crippen molar-refractivity contribution in [1.82, 2.24) is 4.31 Å². The van der Waals surface area contributed by atoms with Crippen molar-refractivity contribution >= 4 is 33.2 Å². The zero-order valence-electron chi connectivity index (χ0n) is 12.2. The van der Waals surface area contributed by atoms with Crippen LogP contribution in [0.4, 0.5) is 10.1 Å². The standard InChI is InChI=1S/C15H14ClFN2O3S/c1-19(23(21,22)12-5-3-2-4-6-12)10-15(20)18-14-8-7-11(17)9-13(14)16/h2-9H,10H2,1H3,(H,18,20). The Labute approximate surface area is 138 Å². The minimum atomic E-state index is -3.76. The van der Waals surface area contributed by atoms with E-state index in [9.17, 15) is 17.6 Å². The molecule has 8 heteroatoms. The van der Waals surface area contributed by atoms with E-state index in [2.05, 4.69) is 5.32 Å². The van der Waals surface area contributed by atoms with Crippen molar-refractivity contribution in [2.45, 2.75) is 4.90 Å². The van der Waals surface area contributed by atoms with Crippen LogP contribution in [0.25, 0.3) is 0 Å². The van der Waals surface area contributed by atoms with Crippen LogP contribution < -0.4 is 5.32 Å². The number of amides is 1. The largest absolute Gasteiger partial charge is 0.324 e. The maximum Gasteiger partial charge on any atom is 0.243 e. The molecule has 0 unspecified atom stereocenters. The van der Waals surface area contributed by atoms with E-state index < -0.39 is 28.3 Å². The van der Waals surface area contributed by atoms with Gasteiger partial charge in [-0.2, -0.15) is 4.31 Å². The van der Waals surface area contributed by atoms with Crippen LogP contribution >= 0.6 is 11.6 Å². The van der Waals surface area contributed by atoms with Crippen LogP contribution in [-0.4, -0.2) is 32.2 Å². The number of benzene rings is 2. The Bertz CT molecular complexity index is 813. The number of carbonyl (C=O) groups is 1. The molecule has 2 aromatic rings. The third kappa shape index (κ3) is 4.28. The SMILES string of the molecule is CN(CC(=O)Nc1ccc(F)cc1Cl)S(=O)(=O)c1ccccc1. The highest BCUT2D eigenvalue weighted by Crippen LogP contribution is 2.22. The minimum Gasteiger partial charge on any atom is -0.324 e. The van der Waals surface area contributed by atoms with Crippen LogP contribution in [0.2, 0.25) is 5.02 Å². The van der Waals surface area contributed by atoms with Crippen molar-refractivity contribution in [2.24, 2.45) is 0 Å². The van der Waals surface area contributed by atoms with Crippen molar-refractivity contribution in [3.05, 3.63) is 59.4 Å². The lowest BCUT2D eigenvalue weighted by molar-refractivity contribution is -0.116. The number of hydrogen-bond donors (Lipinski definition) is 1. The molecular weight excluding hydrogens is 343 g/mol. The third-order valence-electron chi connectivity index (χ3n) is 3.02. The van der Waals surface area contributed by atoms with Gasteiger partial charge in [0.05, 0.1) is 22.2 Å². The molecule has 0 aliphatic rings. The fourth-order valence-corrected chi connectivity index (χ4v) is 3.20. The second-order valence-electron chi connectivity index (χ2n) is 4.75. The topological polar surface area (TPSA) is 66.5 Å². The van der Waals surface area contributed by atoms with Crippen LogP contribution in [-0.2, 0) is 14.8 Å². The molecule has 0 aliphatic heterocycles. The first-order chi connectivity index (χ1) is 10.8. The van der Waals surface area contributed by atoms with Crippen LogP contribution in [0, 0.1) is 5.82 Å². The van der Waals surface area contributed by atoms with Gasteiger partial charge in [0.1, 0.15) is 5.82 Å². The highest BCUT2D eigenvalue weighted by Gasteiger charge is 2.22. The van der Waals surface area contributed by atoms with Gasteiger partial charge in [0.2, 0.25) is 15.9 Å². The molecular formula is C15H14ClFN2O3S. The van der Waals surface area contributed by atoms with E-state index in [4.69, 9.17) is 11.6 Å². The van der Waals surface area contributed by atoms with E-state index in [1.165, 1.54) is 25.2 Å². The number of anilines is 1. The molecule has 1 amide bonds. The van der Waals surface area contributed by atoms with E-state index in [0.29, 0.717) is 0 Å². The molecule has 0 atom stereocenters. The molecule has 0 saturated heterocycles. The minimum absolute atomic E-state index is 0.0342. The molecule has 0 saturated carbocycles. The molecule has 0 fully saturated rings. The Balaban J connectivity index is 2.08. The number of nitrogens with zero attached hydrogens (tertiary/aromatic N) is 1. The summed E-state index contributed by atoms with van der Waals surface area (Å²) in [6, 6.07) is 11.3. The predicted molar refractivity (Wildman–Crippen MR) is 86.3 cm³/mol. The van der Waals surface area contributed by atoms with E-state index >= 15 is 0 Å². The van der Waals surface area contributed by atoms with Crippen molar-refractivity contribution in [3.8, 4) is 0 Å². The Morgan fingerprint density at radius 1 is 1.22 bits per heavy atom. The fraction of sp³-hybridized carbons (Fsp3) is 0.133. The van der Waals surface area contributed by atoms with Crippen molar-refractivity contribution in [2.75, 3.05) is 18.9 Å². The van der Waals surface area contributed by atoms with Gasteiger partial charge in [-0.1, -0.05) is 29.8 Å². The number of carbonyl (C=O) groups excluding carboxylic acids is 1. The summed E-state index contributed by atoms with van der Waals surface area (Å²) in [7, 11) is -2.46. The molecule has 0 bridgehead atoms. The zero-order valence-corrected chi connectivity index (χ0v) is 13.7. The van der Waals surface area contributed by atoms with Gasteiger partial charge >= 0.3 is 0 Å². The lowest BCUT2D eigenvalue weighted by atomic mass is 10.3. The third-order valence-corrected chi connectivity index (χ3v) is 5.15. The maximum absolute atomic E-state index is 13.0. The van der Waals surface area contributed by atoms with E-state index in [0.717, 1.165) is 16.4 Å². The van der Waals surface area contributed by atoms with Gasteiger partial charge in [-0.25, -0.2) is 12.8 Å². The lowest BCUT2D eigenvalue weighted by Crippen LogP contribution is -2.35. The Morgan fingerprint density at radius 2 is 1.87 bits per heavy atom. The summed E-state index contributed by atoms with van der Waals surface area (Å²) in [4.78, 5) is 12.1. The first kappa shape index (κ1) is 17.4. The van der Waals surface area contributed by atoms with Gasteiger partial charge in [-0.05, 0) is 30.3 Å². The van der Waals surface area contributed by atoms with Crippen LogP contribution in [0.15, 0.2) is 53.4 Å². The molecule has 0 aromatic heterocycles. The zero-order chi connectivity index (χ0) is 17.0. The molecule has 0 heterocycles. The van der Waals surface area contributed by atoms with Crippen molar-refractivity contribution < 1.29 is 17.6 Å². The highest BCUT2D eigenvalue weighted by molar-refractivity contribution is 7.89. The normalized spacial score (nSPS) is 11.5. The number of halogens is 2. The summed E-state index contributed by atoms with van der Waals surface area (Å²) in [5.74, 6) is -1.11. The van der Waals surface area contributed by atoms with Crippen molar-refractivity contribution in [3.63, 3.8) is 0 Å². The molecule has 2 aromatic carbocycles. The average Bonchev–Trinajstić information content (AvgIpc) is 2.51. The van der Waals surface area contributed by atoms with Gasteiger partial charge < -0.3 is 5.32 Å². The summed E-state index contributed by atoms with van der Waals surface area (Å²) < 4.78 is 38.5. The summed E-state index contributed by atoms with van der Waals surface area (Å²) in [6.07, 6.45) is 0. The summed E-state index contributed by atoms with van der Waals surface area (Å²) >= 11 is 5.81. The summed E-state index contributed by atoms with van der Waals surface area (Å²) in [5.41, 5.74) is 0.212. The van der Waals surface area contributed by atoms with Crippen LogP contribution in [0.3, 0.4) is 0 Å². The maximum atomic E-state index is 13.0. The molecule has 0 aliphatic carbocycles. The number of sulfonamides is 1. The quantitative estimate of drug-likeness (QED) is 0.895. The molecule has 1 N–H and O–H groups in total. The molecule has 23 heavy (non-hydrogen) atoms.